The average Bonchev–Trinajstić information content (AvgIpc) is 2.66. The predicted molar refractivity (Wildman–Crippen MR) is 109 cm³/mol. The molecule has 1 atom stereocenters. The van der Waals surface area contributed by atoms with E-state index in [0.29, 0.717) is 11.6 Å². The normalized spacial score (nSPS) is 11.8. The summed E-state index contributed by atoms with van der Waals surface area (Å²) in [5.74, 6) is 1.32. The monoisotopic (exact) mass is 371 g/mol. The van der Waals surface area contributed by atoms with E-state index in [2.05, 4.69) is 29.7 Å². The second kappa shape index (κ2) is 10.4. The number of ether oxygens (including phenoxy) is 1. The Morgan fingerprint density at radius 1 is 1.26 bits per heavy atom. The van der Waals surface area contributed by atoms with Gasteiger partial charge in [0.15, 0.2) is 0 Å². The molecule has 1 unspecified atom stereocenters. The highest BCUT2D eigenvalue weighted by Gasteiger charge is 2.11. The second-order valence-corrected chi connectivity index (χ2v) is 6.56. The van der Waals surface area contributed by atoms with Gasteiger partial charge >= 0.3 is 6.03 Å². The van der Waals surface area contributed by atoms with Crippen molar-refractivity contribution in [2.45, 2.75) is 32.1 Å². The second-order valence-electron chi connectivity index (χ2n) is 6.56. The van der Waals surface area contributed by atoms with Crippen molar-refractivity contribution in [3.63, 3.8) is 0 Å². The van der Waals surface area contributed by atoms with Gasteiger partial charge < -0.3 is 26.2 Å². The molecule has 0 saturated carbocycles. The fourth-order valence-electron chi connectivity index (χ4n) is 3.11. The zero-order valence-electron chi connectivity index (χ0n) is 16.0. The highest BCUT2D eigenvalue weighted by atomic mass is 16.5. The van der Waals surface area contributed by atoms with Gasteiger partial charge in [0.1, 0.15) is 11.5 Å². The van der Waals surface area contributed by atoms with Crippen molar-refractivity contribution in [1.29, 1.82) is 0 Å². The molecule has 146 valence electrons. The Balaban J connectivity index is 1.90. The fourth-order valence-corrected chi connectivity index (χ4v) is 3.11. The number of nitrogens with one attached hydrogen (secondary N) is 2. The summed E-state index contributed by atoms with van der Waals surface area (Å²) in [7, 11) is 1.69. The maximum Gasteiger partial charge on any atom is 0.316 e. The van der Waals surface area contributed by atoms with Crippen molar-refractivity contribution in [2.24, 2.45) is 5.73 Å². The summed E-state index contributed by atoms with van der Waals surface area (Å²) in [5, 5.41) is 15.7. The minimum atomic E-state index is -0.693. The molecular weight excluding hydrogens is 342 g/mol. The lowest BCUT2D eigenvalue weighted by molar-refractivity contribution is 0.259. The lowest BCUT2D eigenvalue weighted by atomic mass is 9.94. The van der Waals surface area contributed by atoms with Crippen LogP contribution in [0.25, 0.3) is 0 Å². The molecule has 5 N–H and O–H groups in total. The molecule has 0 bridgehead atoms. The summed E-state index contributed by atoms with van der Waals surface area (Å²) in [6, 6.07) is 12.7. The molecule has 2 aromatic carbocycles. The molecule has 2 aromatic rings. The Hall–Kier alpha value is -2.73. The Morgan fingerprint density at radius 2 is 2.07 bits per heavy atom. The summed E-state index contributed by atoms with van der Waals surface area (Å²) >= 11 is 0. The number of carbonyl (C=O) groups is 1. The Bertz CT molecular complexity index is 749. The molecule has 0 aliphatic heterocycles. The molecule has 27 heavy (non-hydrogen) atoms. The number of nitrogens with two attached hydrogens (primary N) is 1. The van der Waals surface area contributed by atoms with Gasteiger partial charge in [0.2, 0.25) is 0 Å². The van der Waals surface area contributed by atoms with E-state index in [1.807, 2.05) is 18.2 Å². The fraction of sp³-hybridized carbons (Fsp3) is 0.381. The first-order valence-electron chi connectivity index (χ1n) is 9.26. The standard InChI is InChI=1S/C21H29N3O3/c1-3-5-17(16-6-4-7-18(13-16)27-2)14-23-11-10-15-8-9-20(25)19(12-15)24-21(22)26/h4,6-9,12-13,17,23,25H,3,5,10-11,14H2,1-2H3,(H3,22,24,26). The maximum absolute atomic E-state index is 11.0. The molecule has 0 heterocycles. The number of amides is 2. The van der Waals surface area contributed by atoms with Crippen LogP contribution in [0.3, 0.4) is 0 Å². The van der Waals surface area contributed by atoms with E-state index in [4.69, 9.17) is 10.5 Å². The van der Waals surface area contributed by atoms with Gasteiger partial charge in [-0.05, 0) is 60.7 Å². The van der Waals surface area contributed by atoms with Crippen molar-refractivity contribution in [2.75, 3.05) is 25.5 Å². The smallest absolute Gasteiger partial charge is 0.316 e. The first kappa shape index (κ1) is 20.6. The first-order valence-corrected chi connectivity index (χ1v) is 9.26. The number of urea groups is 1. The lowest BCUT2D eigenvalue weighted by Crippen LogP contribution is -2.24. The van der Waals surface area contributed by atoms with E-state index < -0.39 is 6.03 Å². The van der Waals surface area contributed by atoms with E-state index in [-0.39, 0.29) is 5.75 Å². The van der Waals surface area contributed by atoms with Crippen molar-refractivity contribution in [1.82, 2.24) is 5.32 Å². The van der Waals surface area contributed by atoms with Crippen LogP contribution in [-0.4, -0.2) is 31.3 Å². The van der Waals surface area contributed by atoms with E-state index in [0.717, 1.165) is 43.7 Å². The van der Waals surface area contributed by atoms with E-state index in [1.54, 1.807) is 19.2 Å². The van der Waals surface area contributed by atoms with Crippen molar-refractivity contribution < 1.29 is 14.6 Å². The third-order valence-electron chi connectivity index (χ3n) is 4.50. The number of phenols is 1. The SMILES string of the molecule is CCCC(CNCCc1ccc(O)c(NC(N)=O)c1)c1cccc(OC)c1. The van der Waals surface area contributed by atoms with E-state index in [1.165, 1.54) is 5.56 Å². The van der Waals surface area contributed by atoms with Gasteiger partial charge in [-0.2, -0.15) is 0 Å². The summed E-state index contributed by atoms with van der Waals surface area (Å²) in [5.41, 5.74) is 7.74. The molecule has 0 aliphatic rings. The van der Waals surface area contributed by atoms with Crippen LogP contribution in [-0.2, 0) is 6.42 Å². The number of carbonyl (C=O) groups excluding carboxylic acids is 1. The molecule has 0 aliphatic carbocycles. The number of anilines is 1. The van der Waals surface area contributed by atoms with Crippen molar-refractivity contribution in [3.8, 4) is 11.5 Å². The molecule has 0 saturated heterocycles. The zero-order valence-corrected chi connectivity index (χ0v) is 16.0. The number of benzene rings is 2. The number of rotatable bonds is 10. The summed E-state index contributed by atoms with van der Waals surface area (Å²) < 4.78 is 5.34. The molecule has 0 fully saturated rings. The van der Waals surface area contributed by atoms with Crippen LogP contribution in [0.4, 0.5) is 10.5 Å². The molecule has 2 amide bonds. The highest BCUT2D eigenvalue weighted by molar-refractivity contribution is 5.89. The van der Waals surface area contributed by atoms with Crippen LogP contribution in [0.1, 0.15) is 36.8 Å². The lowest BCUT2D eigenvalue weighted by Gasteiger charge is -2.18. The Labute approximate surface area is 160 Å². The zero-order chi connectivity index (χ0) is 19.6. The molecule has 0 aromatic heterocycles. The number of aromatic hydroxyl groups is 1. The minimum absolute atomic E-state index is 0.00606. The average molecular weight is 371 g/mol. The first-order chi connectivity index (χ1) is 13.0. The van der Waals surface area contributed by atoms with E-state index >= 15 is 0 Å². The molecular formula is C21H29N3O3. The molecule has 0 radical (unpaired) electrons. The van der Waals surface area contributed by atoms with Crippen molar-refractivity contribution >= 4 is 11.7 Å². The number of primary amides is 1. The van der Waals surface area contributed by atoms with Gasteiger partial charge in [-0.25, -0.2) is 4.79 Å². The quantitative estimate of drug-likeness (QED) is 0.379. The summed E-state index contributed by atoms with van der Waals surface area (Å²) in [4.78, 5) is 11.0. The van der Waals surface area contributed by atoms with Gasteiger partial charge in [-0.3, -0.25) is 0 Å². The van der Waals surface area contributed by atoms with Crippen LogP contribution in [0.2, 0.25) is 0 Å². The van der Waals surface area contributed by atoms with Gasteiger partial charge in [-0.1, -0.05) is 31.5 Å². The summed E-state index contributed by atoms with van der Waals surface area (Å²) in [6.45, 7) is 3.87. The highest BCUT2D eigenvalue weighted by Crippen LogP contribution is 2.25. The third kappa shape index (κ3) is 6.49. The summed E-state index contributed by atoms with van der Waals surface area (Å²) in [6.07, 6.45) is 3.00. The molecule has 2 rings (SSSR count). The number of hydrogen-bond donors (Lipinski definition) is 4. The molecule has 6 nitrogen and oxygen atoms in total. The van der Waals surface area contributed by atoms with Crippen LogP contribution in [0.15, 0.2) is 42.5 Å². The van der Waals surface area contributed by atoms with Gasteiger partial charge in [0.05, 0.1) is 12.8 Å². The minimum Gasteiger partial charge on any atom is -0.506 e. The van der Waals surface area contributed by atoms with Crippen LogP contribution >= 0.6 is 0 Å². The third-order valence-corrected chi connectivity index (χ3v) is 4.50. The Morgan fingerprint density at radius 3 is 2.78 bits per heavy atom. The number of methoxy groups -OCH3 is 1. The van der Waals surface area contributed by atoms with Gasteiger partial charge in [0.25, 0.3) is 0 Å². The van der Waals surface area contributed by atoms with Gasteiger partial charge in [0, 0.05) is 6.54 Å². The number of phenolic OH excluding ortho intramolecular Hbond substituents is 1. The van der Waals surface area contributed by atoms with E-state index in [9.17, 15) is 9.90 Å². The van der Waals surface area contributed by atoms with Crippen molar-refractivity contribution in [3.05, 3.63) is 53.6 Å². The number of hydrogen-bond acceptors (Lipinski definition) is 4. The maximum atomic E-state index is 11.0. The molecule has 0 spiro atoms. The predicted octanol–water partition coefficient (Wildman–Crippen LogP) is 3.61. The molecule has 6 heteroatoms. The largest absolute Gasteiger partial charge is 0.506 e. The Kier molecular flexibility index (Phi) is 7.95. The van der Waals surface area contributed by atoms with Crippen LogP contribution < -0.4 is 21.1 Å². The van der Waals surface area contributed by atoms with Crippen LogP contribution in [0, 0.1) is 0 Å². The van der Waals surface area contributed by atoms with Gasteiger partial charge in [-0.15, -0.1) is 0 Å². The van der Waals surface area contributed by atoms with Crippen LogP contribution in [0.5, 0.6) is 11.5 Å². The topological polar surface area (TPSA) is 96.6 Å².